The van der Waals surface area contributed by atoms with Gasteiger partial charge in [-0.3, -0.25) is 9.59 Å². The van der Waals surface area contributed by atoms with Crippen molar-refractivity contribution in [2.45, 2.75) is 30.6 Å². The highest BCUT2D eigenvalue weighted by Crippen LogP contribution is 2.30. The van der Waals surface area contributed by atoms with E-state index in [1.54, 1.807) is 12.1 Å². The maximum Gasteiger partial charge on any atom is 0.255 e. The van der Waals surface area contributed by atoms with E-state index in [2.05, 4.69) is 14.9 Å². The summed E-state index contributed by atoms with van der Waals surface area (Å²) in [5.41, 5.74) is 7.19. The molecule has 2 amide bonds. The number of benzene rings is 2. The molecule has 0 aromatic heterocycles. The van der Waals surface area contributed by atoms with Gasteiger partial charge >= 0.3 is 0 Å². The lowest BCUT2D eigenvalue weighted by Crippen LogP contribution is -2.38. The first kappa shape index (κ1) is 22.3. The first-order chi connectivity index (χ1) is 15.3. The number of nitrogens with two attached hydrogens (primary N) is 1. The number of amides is 2. The number of carbonyl (C=O) groups excluding carboxylic acids is 2. The number of primary amides is 1. The fourth-order valence-corrected chi connectivity index (χ4v) is 5.05. The molecule has 8 nitrogen and oxygen atoms in total. The summed E-state index contributed by atoms with van der Waals surface area (Å²) in [7, 11) is -3.66. The molecule has 1 saturated heterocycles. The second-order valence-corrected chi connectivity index (χ2v) is 10.2. The highest BCUT2D eigenvalue weighted by molar-refractivity contribution is 7.89. The Kier molecular flexibility index (Phi) is 6.48. The molecule has 32 heavy (non-hydrogen) atoms. The lowest BCUT2D eigenvalue weighted by molar-refractivity contribution is -0.122. The van der Waals surface area contributed by atoms with Crippen LogP contribution in [-0.2, 0) is 14.8 Å². The molecule has 0 atom stereocenters. The molecule has 1 aliphatic heterocycles. The maximum atomic E-state index is 12.9. The summed E-state index contributed by atoms with van der Waals surface area (Å²) < 4.78 is 27.7. The first-order valence-corrected chi connectivity index (χ1v) is 12.4. The van der Waals surface area contributed by atoms with Gasteiger partial charge in [-0.1, -0.05) is 18.2 Å². The Morgan fingerprint density at radius 3 is 2.41 bits per heavy atom. The van der Waals surface area contributed by atoms with Crippen LogP contribution in [0.25, 0.3) is 0 Å². The minimum absolute atomic E-state index is 0.0765. The summed E-state index contributed by atoms with van der Waals surface area (Å²) in [5, 5.41) is 2.91. The molecule has 2 fully saturated rings. The van der Waals surface area contributed by atoms with Crippen molar-refractivity contribution < 1.29 is 18.0 Å². The van der Waals surface area contributed by atoms with Crippen molar-refractivity contribution in [3.8, 4) is 0 Å². The molecule has 1 saturated carbocycles. The quantitative estimate of drug-likeness (QED) is 0.563. The molecular weight excluding hydrogens is 428 g/mol. The third kappa shape index (κ3) is 5.28. The number of carbonyl (C=O) groups is 2. The van der Waals surface area contributed by atoms with E-state index in [1.807, 2.05) is 24.3 Å². The Balaban J connectivity index is 1.47. The lowest BCUT2D eigenvalue weighted by Gasteiger charge is -2.33. The van der Waals surface area contributed by atoms with Gasteiger partial charge in [0, 0.05) is 31.1 Å². The van der Waals surface area contributed by atoms with E-state index in [0.29, 0.717) is 44.1 Å². The summed E-state index contributed by atoms with van der Waals surface area (Å²) in [6.45, 7) is 1.76. The summed E-state index contributed by atoms with van der Waals surface area (Å²) >= 11 is 0. The zero-order valence-electron chi connectivity index (χ0n) is 17.8. The second-order valence-electron chi connectivity index (χ2n) is 8.46. The van der Waals surface area contributed by atoms with Crippen LogP contribution in [0, 0.1) is 11.8 Å². The van der Waals surface area contributed by atoms with Crippen molar-refractivity contribution in [1.29, 1.82) is 0 Å². The molecule has 2 aromatic carbocycles. The van der Waals surface area contributed by atoms with Crippen molar-refractivity contribution in [2.75, 3.05) is 29.9 Å². The van der Waals surface area contributed by atoms with Gasteiger partial charge in [-0.05, 0) is 61.9 Å². The molecule has 0 unspecified atom stereocenters. The normalized spacial score (nSPS) is 17.2. The van der Waals surface area contributed by atoms with Gasteiger partial charge in [0.05, 0.1) is 16.3 Å². The molecule has 2 aliphatic rings. The van der Waals surface area contributed by atoms with E-state index in [1.165, 1.54) is 12.1 Å². The maximum absolute atomic E-state index is 12.9. The minimum Gasteiger partial charge on any atom is -0.370 e. The van der Waals surface area contributed by atoms with E-state index < -0.39 is 10.0 Å². The minimum atomic E-state index is -3.66. The molecule has 0 bridgehead atoms. The van der Waals surface area contributed by atoms with Gasteiger partial charge < -0.3 is 16.0 Å². The molecule has 1 heterocycles. The Hall–Kier alpha value is -2.91. The topological polar surface area (TPSA) is 122 Å². The highest BCUT2D eigenvalue weighted by atomic mass is 32.2. The standard InChI is InChI=1S/C23H28N4O4S/c24-22(28)17-10-12-27(13-11-17)21-7-2-1-6-20(21)26-23(29)18-4-3-5-19(14-18)32(30,31)25-15-16-8-9-16/h1-7,14,16-17,25H,8-13,15H2,(H2,24,28)(H,26,29). The van der Waals surface area contributed by atoms with Gasteiger partial charge in [-0.2, -0.15) is 0 Å². The Morgan fingerprint density at radius 2 is 1.72 bits per heavy atom. The van der Waals surface area contributed by atoms with Gasteiger partial charge in [0.15, 0.2) is 0 Å². The molecule has 0 radical (unpaired) electrons. The van der Waals surface area contributed by atoms with E-state index >= 15 is 0 Å². The van der Waals surface area contributed by atoms with Crippen LogP contribution < -0.4 is 20.7 Å². The summed E-state index contributed by atoms with van der Waals surface area (Å²) in [6.07, 6.45) is 3.44. The van der Waals surface area contributed by atoms with Crippen LogP contribution in [0.4, 0.5) is 11.4 Å². The van der Waals surface area contributed by atoms with Crippen LogP contribution in [0.1, 0.15) is 36.0 Å². The van der Waals surface area contributed by atoms with E-state index in [9.17, 15) is 18.0 Å². The zero-order valence-corrected chi connectivity index (χ0v) is 18.6. The van der Waals surface area contributed by atoms with Crippen molar-refractivity contribution in [2.24, 2.45) is 17.6 Å². The summed E-state index contributed by atoms with van der Waals surface area (Å²) in [4.78, 5) is 26.6. The van der Waals surface area contributed by atoms with Crippen molar-refractivity contribution in [1.82, 2.24) is 4.72 Å². The van der Waals surface area contributed by atoms with Crippen LogP contribution in [0.2, 0.25) is 0 Å². The van der Waals surface area contributed by atoms with E-state index in [-0.39, 0.29) is 28.2 Å². The van der Waals surface area contributed by atoms with Crippen LogP contribution in [-0.4, -0.2) is 39.9 Å². The van der Waals surface area contributed by atoms with Gasteiger partial charge in [0.1, 0.15) is 0 Å². The number of hydrogen-bond acceptors (Lipinski definition) is 5. The number of piperidine rings is 1. The predicted molar refractivity (Wildman–Crippen MR) is 123 cm³/mol. The van der Waals surface area contributed by atoms with Crippen LogP contribution in [0.15, 0.2) is 53.4 Å². The number of anilines is 2. The molecule has 1 aliphatic carbocycles. The van der Waals surface area contributed by atoms with Gasteiger partial charge in [0.25, 0.3) is 5.91 Å². The monoisotopic (exact) mass is 456 g/mol. The molecule has 4 rings (SSSR count). The number of hydrogen-bond donors (Lipinski definition) is 3. The number of para-hydroxylation sites is 2. The molecule has 0 spiro atoms. The van der Waals surface area contributed by atoms with E-state index in [0.717, 1.165) is 18.5 Å². The third-order valence-corrected chi connectivity index (χ3v) is 7.48. The number of nitrogens with one attached hydrogen (secondary N) is 2. The summed E-state index contributed by atoms with van der Waals surface area (Å²) in [5.74, 6) is -0.358. The van der Waals surface area contributed by atoms with E-state index in [4.69, 9.17) is 5.73 Å². The second kappa shape index (κ2) is 9.30. The number of rotatable bonds is 8. The number of sulfonamides is 1. The van der Waals surface area contributed by atoms with Crippen LogP contribution in [0.3, 0.4) is 0 Å². The Morgan fingerprint density at radius 1 is 1.00 bits per heavy atom. The largest absolute Gasteiger partial charge is 0.370 e. The molecule has 4 N–H and O–H groups in total. The van der Waals surface area contributed by atoms with Crippen molar-refractivity contribution >= 4 is 33.2 Å². The molecule has 9 heteroatoms. The third-order valence-electron chi connectivity index (χ3n) is 6.06. The van der Waals surface area contributed by atoms with Gasteiger partial charge in [-0.15, -0.1) is 0 Å². The average molecular weight is 457 g/mol. The zero-order chi connectivity index (χ0) is 22.7. The van der Waals surface area contributed by atoms with Gasteiger partial charge in [0.2, 0.25) is 15.9 Å². The molecule has 2 aromatic rings. The lowest BCUT2D eigenvalue weighted by atomic mass is 9.96. The average Bonchev–Trinajstić information content (AvgIpc) is 3.63. The van der Waals surface area contributed by atoms with Crippen LogP contribution >= 0.6 is 0 Å². The molecular formula is C23H28N4O4S. The fourth-order valence-electron chi connectivity index (χ4n) is 3.89. The van der Waals surface area contributed by atoms with Crippen molar-refractivity contribution in [3.05, 3.63) is 54.1 Å². The Bertz CT molecular complexity index is 1110. The van der Waals surface area contributed by atoms with Crippen molar-refractivity contribution in [3.63, 3.8) is 0 Å². The molecule has 170 valence electrons. The highest BCUT2D eigenvalue weighted by Gasteiger charge is 2.26. The summed E-state index contributed by atoms with van der Waals surface area (Å²) in [6, 6.07) is 13.5. The fraction of sp³-hybridized carbons (Fsp3) is 0.391. The smallest absolute Gasteiger partial charge is 0.255 e. The van der Waals surface area contributed by atoms with Gasteiger partial charge in [-0.25, -0.2) is 13.1 Å². The Labute approximate surface area is 188 Å². The predicted octanol–water partition coefficient (Wildman–Crippen LogP) is 2.33. The first-order valence-electron chi connectivity index (χ1n) is 10.9. The van der Waals surface area contributed by atoms with Crippen LogP contribution in [0.5, 0.6) is 0 Å². The SMILES string of the molecule is NC(=O)C1CCN(c2ccccc2NC(=O)c2cccc(S(=O)(=O)NCC3CC3)c2)CC1. The number of nitrogens with zero attached hydrogens (tertiary/aromatic N) is 1.